The summed E-state index contributed by atoms with van der Waals surface area (Å²) in [6.07, 6.45) is 8.15. The third kappa shape index (κ3) is 3.06. The molecule has 0 atom stereocenters. The lowest BCUT2D eigenvalue weighted by Gasteiger charge is -2.49. The molecule has 0 aromatic rings. The molecule has 2 fully saturated rings. The summed E-state index contributed by atoms with van der Waals surface area (Å²) in [6, 6.07) is 0. The molecule has 18 heavy (non-hydrogen) atoms. The number of ether oxygens (including phenoxy) is 1. The van der Waals surface area contributed by atoms with E-state index in [0.29, 0.717) is 11.6 Å². The summed E-state index contributed by atoms with van der Waals surface area (Å²) in [4.78, 5) is 2.68. The first-order chi connectivity index (χ1) is 8.70. The van der Waals surface area contributed by atoms with Crippen molar-refractivity contribution in [3.63, 3.8) is 0 Å². The Bertz CT molecular complexity index is 241. The predicted octanol–water partition coefficient (Wildman–Crippen LogP) is 2.39. The van der Waals surface area contributed by atoms with Crippen molar-refractivity contribution in [3.8, 4) is 0 Å². The van der Waals surface area contributed by atoms with E-state index in [1.807, 2.05) is 0 Å². The second-order valence-corrected chi connectivity index (χ2v) is 6.25. The minimum atomic E-state index is 0.309. The molecular formula is C15H30N2O. The Hall–Kier alpha value is -0.120. The Balaban J connectivity index is 1.90. The highest BCUT2D eigenvalue weighted by molar-refractivity contribution is 4.97. The molecule has 0 spiro atoms. The van der Waals surface area contributed by atoms with Crippen molar-refractivity contribution in [2.75, 3.05) is 26.2 Å². The maximum Gasteiger partial charge on any atom is 0.0599 e. The highest BCUT2D eigenvalue weighted by Crippen LogP contribution is 2.37. The van der Waals surface area contributed by atoms with E-state index >= 15 is 0 Å². The highest BCUT2D eigenvalue weighted by atomic mass is 16.5. The van der Waals surface area contributed by atoms with Gasteiger partial charge in [-0.1, -0.05) is 6.92 Å². The molecule has 2 rings (SSSR count). The molecule has 0 aromatic heterocycles. The maximum absolute atomic E-state index is 6.13. The summed E-state index contributed by atoms with van der Waals surface area (Å²) < 4.78 is 5.74. The fourth-order valence-corrected chi connectivity index (χ4v) is 3.68. The van der Waals surface area contributed by atoms with E-state index < -0.39 is 0 Å². The first-order valence-electron chi connectivity index (χ1n) is 7.77. The van der Waals surface area contributed by atoms with Gasteiger partial charge < -0.3 is 10.5 Å². The normalized spacial score (nSPS) is 35.8. The van der Waals surface area contributed by atoms with Gasteiger partial charge in [0.25, 0.3) is 0 Å². The van der Waals surface area contributed by atoms with Crippen LogP contribution in [0.5, 0.6) is 0 Å². The molecular weight excluding hydrogens is 224 g/mol. The van der Waals surface area contributed by atoms with Gasteiger partial charge in [-0.3, -0.25) is 4.90 Å². The van der Waals surface area contributed by atoms with Gasteiger partial charge in [-0.2, -0.15) is 0 Å². The van der Waals surface area contributed by atoms with E-state index in [4.69, 9.17) is 10.5 Å². The molecule has 3 nitrogen and oxygen atoms in total. The van der Waals surface area contributed by atoms with Crippen molar-refractivity contribution in [3.05, 3.63) is 0 Å². The Morgan fingerprint density at radius 2 is 1.78 bits per heavy atom. The number of rotatable bonds is 4. The van der Waals surface area contributed by atoms with Crippen LogP contribution in [0.3, 0.4) is 0 Å². The average molecular weight is 254 g/mol. The zero-order valence-electron chi connectivity index (χ0n) is 12.2. The Kier molecular flexibility index (Phi) is 5.05. The molecule has 0 bridgehead atoms. The zero-order chi connectivity index (χ0) is 13.0. The van der Waals surface area contributed by atoms with Crippen LogP contribution >= 0.6 is 0 Å². The van der Waals surface area contributed by atoms with Crippen molar-refractivity contribution in [1.29, 1.82) is 0 Å². The molecule has 1 heterocycles. The summed E-state index contributed by atoms with van der Waals surface area (Å²) in [5.41, 5.74) is 6.44. The lowest BCUT2D eigenvalue weighted by Crippen LogP contribution is -2.58. The highest BCUT2D eigenvalue weighted by Gasteiger charge is 2.39. The maximum atomic E-state index is 6.13. The van der Waals surface area contributed by atoms with Gasteiger partial charge in [0.1, 0.15) is 0 Å². The largest absolute Gasteiger partial charge is 0.378 e. The molecule has 106 valence electrons. The average Bonchev–Trinajstić information content (AvgIpc) is 2.42. The van der Waals surface area contributed by atoms with E-state index in [0.717, 1.165) is 19.1 Å². The first kappa shape index (κ1) is 14.3. The molecule has 3 heteroatoms. The molecule has 0 amide bonds. The standard InChI is InChI=1S/C15H30N2O/c1-3-18-14-6-10-17(11-7-14)15(12-16)8-4-13(2)5-9-15/h13-14H,3-12,16H2,1-2H3. The first-order valence-corrected chi connectivity index (χ1v) is 7.77. The third-order valence-corrected chi connectivity index (χ3v) is 5.10. The van der Waals surface area contributed by atoms with E-state index in [1.54, 1.807) is 0 Å². The molecule has 2 N–H and O–H groups in total. The number of nitrogens with zero attached hydrogens (tertiary/aromatic N) is 1. The molecule has 2 aliphatic rings. The van der Waals surface area contributed by atoms with Crippen LogP contribution in [0.4, 0.5) is 0 Å². The fraction of sp³-hybridized carbons (Fsp3) is 1.00. The molecule has 1 aliphatic carbocycles. The number of likely N-dealkylation sites (tertiary alicyclic amines) is 1. The summed E-state index contributed by atoms with van der Waals surface area (Å²) in [7, 11) is 0. The van der Waals surface area contributed by atoms with Crippen LogP contribution in [0.2, 0.25) is 0 Å². The van der Waals surface area contributed by atoms with E-state index in [2.05, 4.69) is 18.7 Å². The zero-order valence-corrected chi connectivity index (χ0v) is 12.2. The van der Waals surface area contributed by atoms with E-state index in [9.17, 15) is 0 Å². The molecule has 1 saturated carbocycles. The number of piperidine rings is 1. The molecule has 0 radical (unpaired) electrons. The molecule has 1 saturated heterocycles. The van der Waals surface area contributed by atoms with Gasteiger partial charge in [-0.25, -0.2) is 0 Å². The lowest BCUT2D eigenvalue weighted by atomic mass is 9.75. The molecule has 0 unspecified atom stereocenters. The fourth-order valence-electron chi connectivity index (χ4n) is 3.68. The summed E-state index contributed by atoms with van der Waals surface area (Å²) in [6.45, 7) is 8.51. The minimum Gasteiger partial charge on any atom is -0.378 e. The van der Waals surface area contributed by atoms with Crippen LogP contribution in [0, 0.1) is 5.92 Å². The van der Waals surface area contributed by atoms with Gasteiger partial charge >= 0.3 is 0 Å². The summed E-state index contributed by atoms with van der Waals surface area (Å²) in [5.74, 6) is 0.894. The summed E-state index contributed by atoms with van der Waals surface area (Å²) in [5, 5.41) is 0. The van der Waals surface area contributed by atoms with E-state index in [1.165, 1.54) is 51.6 Å². The third-order valence-electron chi connectivity index (χ3n) is 5.10. The number of hydrogen-bond acceptors (Lipinski definition) is 3. The van der Waals surface area contributed by atoms with Crippen molar-refractivity contribution in [1.82, 2.24) is 4.90 Å². The second kappa shape index (κ2) is 6.36. The molecule has 0 aromatic carbocycles. The van der Waals surface area contributed by atoms with Crippen molar-refractivity contribution >= 4 is 0 Å². The van der Waals surface area contributed by atoms with Gasteiger partial charge in [-0.05, 0) is 51.4 Å². The van der Waals surface area contributed by atoms with Gasteiger partial charge in [0, 0.05) is 31.8 Å². The minimum absolute atomic E-state index is 0.309. The van der Waals surface area contributed by atoms with Gasteiger partial charge in [0.05, 0.1) is 6.10 Å². The van der Waals surface area contributed by atoms with Crippen LogP contribution in [0.25, 0.3) is 0 Å². The lowest BCUT2D eigenvalue weighted by molar-refractivity contribution is -0.0323. The second-order valence-electron chi connectivity index (χ2n) is 6.25. The Morgan fingerprint density at radius 3 is 2.28 bits per heavy atom. The Labute approximate surface area is 112 Å². The van der Waals surface area contributed by atoms with Crippen LogP contribution in [-0.4, -0.2) is 42.8 Å². The summed E-state index contributed by atoms with van der Waals surface area (Å²) >= 11 is 0. The SMILES string of the molecule is CCOC1CCN(C2(CN)CCC(C)CC2)CC1. The number of nitrogens with two attached hydrogens (primary N) is 1. The topological polar surface area (TPSA) is 38.5 Å². The predicted molar refractivity (Wildman–Crippen MR) is 75.6 cm³/mol. The Morgan fingerprint density at radius 1 is 1.17 bits per heavy atom. The van der Waals surface area contributed by atoms with E-state index in [-0.39, 0.29) is 0 Å². The molecule has 1 aliphatic heterocycles. The van der Waals surface area contributed by atoms with Crippen LogP contribution < -0.4 is 5.73 Å². The number of hydrogen-bond donors (Lipinski definition) is 1. The van der Waals surface area contributed by atoms with Gasteiger partial charge in [0.2, 0.25) is 0 Å². The van der Waals surface area contributed by atoms with Crippen LogP contribution in [0.1, 0.15) is 52.4 Å². The van der Waals surface area contributed by atoms with Crippen LogP contribution in [0.15, 0.2) is 0 Å². The van der Waals surface area contributed by atoms with Gasteiger partial charge in [0.15, 0.2) is 0 Å². The quantitative estimate of drug-likeness (QED) is 0.837. The van der Waals surface area contributed by atoms with Crippen molar-refractivity contribution in [2.24, 2.45) is 11.7 Å². The smallest absolute Gasteiger partial charge is 0.0599 e. The monoisotopic (exact) mass is 254 g/mol. The van der Waals surface area contributed by atoms with Crippen molar-refractivity contribution < 1.29 is 4.74 Å². The van der Waals surface area contributed by atoms with Crippen LogP contribution in [-0.2, 0) is 4.74 Å². The van der Waals surface area contributed by atoms with Crippen molar-refractivity contribution in [2.45, 2.75) is 64.0 Å². The van der Waals surface area contributed by atoms with Gasteiger partial charge in [-0.15, -0.1) is 0 Å².